The van der Waals surface area contributed by atoms with Crippen molar-refractivity contribution >= 4 is 15.9 Å². The Morgan fingerprint density at radius 2 is 1.56 bits per heavy atom. The molecule has 0 atom stereocenters. The van der Waals surface area contributed by atoms with Crippen LogP contribution in [0.5, 0.6) is 0 Å². The van der Waals surface area contributed by atoms with Crippen LogP contribution in [-0.2, 0) is 6.42 Å². The molecule has 1 aromatic rings. The highest BCUT2D eigenvalue weighted by Crippen LogP contribution is 2.30. The van der Waals surface area contributed by atoms with Gasteiger partial charge < -0.3 is 5.11 Å². The zero-order chi connectivity index (χ0) is 11.4. The fourth-order valence-corrected chi connectivity index (χ4v) is 2.81. The first-order valence-electron chi connectivity index (χ1n) is 6.15. The van der Waals surface area contributed by atoms with Crippen LogP contribution < -0.4 is 0 Å². The van der Waals surface area contributed by atoms with Crippen molar-refractivity contribution < 1.29 is 5.11 Å². The van der Waals surface area contributed by atoms with Crippen LogP contribution in [0.1, 0.15) is 44.1 Å². The van der Waals surface area contributed by atoms with E-state index in [9.17, 15) is 5.11 Å². The second kappa shape index (κ2) is 5.33. The van der Waals surface area contributed by atoms with Gasteiger partial charge in [0.2, 0.25) is 0 Å². The summed E-state index contributed by atoms with van der Waals surface area (Å²) in [7, 11) is 0. The summed E-state index contributed by atoms with van der Waals surface area (Å²) in [5.74, 6) is 0. The highest BCUT2D eigenvalue weighted by molar-refractivity contribution is 9.10. The van der Waals surface area contributed by atoms with Crippen molar-refractivity contribution in [1.82, 2.24) is 0 Å². The SMILES string of the molecule is OC1(Cc2ccc(Br)cc2)CCCCCC1. The molecule has 1 aliphatic rings. The summed E-state index contributed by atoms with van der Waals surface area (Å²) < 4.78 is 1.10. The monoisotopic (exact) mass is 282 g/mol. The normalized spacial score (nSPS) is 20.4. The molecule has 2 heteroatoms. The molecule has 0 radical (unpaired) electrons. The summed E-state index contributed by atoms with van der Waals surface area (Å²) in [6.07, 6.45) is 7.64. The van der Waals surface area contributed by atoms with Crippen molar-refractivity contribution in [2.45, 2.75) is 50.5 Å². The molecule has 0 heterocycles. The lowest BCUT2D eigenvalue weighted by Gasteiger charge is -2.26. The summed E-state index contributed by atoms with van der Waals surface area (Å²) in [5, 5.41) is 10.6. The maximum atomic E-state index is 10.6. The van der Waals surface area contributed by atoms with Gasteiger partial charge in [-0.25, -0.2) is 0 Å². The number of halogens is 1. The average molecular weight is 283 g/mol. The standard InChI is InChI=1S/C14H19BrO/c15-13-7-5-12(6-8-13)11-14(16)9-3-1-2-4-10-14/h5-8,16H,1-4,9-11H2. The number of rotatable bonds is 2. The van der Waals surface area contributed by atoms with Gasteiger partial charge in [0, 0.05) is 10.9 Å². The fraction of sp³-hybridized carbons (Fsp3) is 0.571. The maximum absolute atomic E-state index is 10.6. The van der Waals surface area contributed by atoms with Gasteiger partial charge in [-0.1, -0.05) is 53.7 Å². The van der Waals surface area contributed by atoms with Crippen molar-refractivity contribution in [3.8, 4) is 0 Å². The van der Waals surface area contributed by atoms with Crippen LogP contribution in [0.2, 0.25) is 0 Å². The lowest BCUT2D eigenvalue weighted by molar-refractivity contribution is 0.0252. The number of hydrogen-bond donors (Lipinski definition) is 1. The van der Waals surface area contributed by atoms with Crippen LogP contribution in [0.15, 0.2) is 28.7 Å². The number of aliphatic hydroxyl groups is 1. The molecule has 0 saturated heterocycles. The van der Waals surface area contributed by atoms with E-state index in [4.69, 9.17) is 0 Å². The van der Waals surface area contributed by atoms with E-state index in [0.717, 1.165) is 23.7 Å². The third kappa shape index (κ3) is 3.33. The molecular formula is C14H19BrO. The summed E-state index contributed by atoms with van der Waals surface area (Å²) in [6.45, 7) is 0. The minimum absolute atomic E-state index is 0.454. The lowest BCUT2D eigenvalue weighted by atomic mass is 9.87. The molecule has 1 aromatic carbocycles. The van der Waals surface area contributed by atoms with E-state index in [0.29, 0.717) is 0 Å². The summed E-state index contributed by atoms with van der Waals surface area (Å²) in [5.41, 5.74) is 0.789. The molecule has 1 saturated carbocycles. The minimum Gasteiger partial charge on any atom is -0.390 e. The minimum atomic E-state index is -0.454. The van der Waals surface area contributed by atoms with E-state index < -0.39 is 5.60 Å². The zero-order valence-corrected chi connectivity index (χ0v) is 11.2. The average Bonchev–Trinajstić information content (AvgIpc) is 2.47. The Labute approximate surface area is 106 Å². The fourth-order valence-electron chi connectivity index (χ4n) is 2.55. The molecular weight excluding hydrogens is 264 g/mol. The highest BCUT2D eigenvalue weighted by atomic mass is 79.9. The first kappa shape index (κ1) is 12.1. The van der Waals surface area contributed by atoms with Gasteiger partial charge in [0.1, 0.15) is 0 Å². The quantitative estimate of drug-likeness (QED) is 0.811. The first-order valence-corrected chi connectivity index (χ1v) is 6.94. The zero-order valence-electron chi connectivity index (χ0n) is 9.58. The van der Waals surface area contributed by atoms with E-state index in [1.165, 1.54) is 31.2 Å². The van der Waals surface area contributed by atoms with E-state index >= 15 is 0 Å². The molecule has 0 unspecified atom stereocenters. The Kier molecular flexibility index (Phi) is 4.04. The predicted octanol–water partition coefficient (Wildman–Crippen LogP) is 4.08. The van der Waals surface area contributed by atoms with Gasteiger partial charge in [0.25, 0.3) is 0 Å². The van der Waals surface area contributed by atoms with Crippen molar-refractivity contribution in [2.24, 2.45) is 0 Å². The summed E-state index contributed by atoms with van der Waals surface area (Å²) in [4.78, 5) is 0. The third-order valence-electron chi connectivity index (χ3n) is 3.48. The molecule has 0 spiro atoms. The van der Waals surface area contributed by atoms with Crippen LogP contribution in [0.4, 0.5) is 0 Å². The van der Waals surface area contributed by atoms with Crippen LogP contribution in [0, 0.1) is 0 Å². The Morgan fingerprint density at radius 1 is 1.00 bits per heavy atom. The van der Waals surface area contributed by atoms with Gasteiger partial charge >= 0.3 is 0 Å². The van der Waals surface area contributed by atoms with Crippen molar-refractivity contribution in [2.75, 3.05) is 0 Å². The second-order valence-electron chi connectivity index (χ2n) is 4.94. The van der Waals surface area contributed by atoms with E-state index in [-0.39, 0.29) is 0 Å². The molecule has 1 aliphatic carbocycles. The molecule has 16 heavy (non-hydrogen) atoms. The van der Waals surface area contributed by atoms with E-state index in [2.05, 4.69) is 40.2 Å². The molecule has 0 aliphatic heterocycles. The van der Waals surface area contributed by atoms with Gasteiger partial charge in [0.05, 0.1) is 5.60 Å². The Balaban J connectivity index is 2.04. The molecule has 1 fully saturated rings. The smallest absolute Gasteiger partial charge is 0.0688 e. The maximum Gasteiger partial charge on any atom is 0.0688 e. The van der Waals surface area contributed by atoms with Crippen LogP contribution in [0.25, 0.3) is 0 Å². The van der Waals surface area contributed by atoms with Gasteiger partial charge in [-0.3, -0.25) is 0 Å². The van der Waals surface area contributed by atoms with Gasteiger partial charge in [0.15, 0.2) is 0 Å². The van der Waals surface area contributed by atoms with E-state index in [1.807, 2.05) is 0 Å². The van der Waals surface area contributed by atoms with Crippen LogP contribution >= 0.6 is 15.9 Å². The van der Waals surface area contributed by atoms with Crippen molar-refractivity contribution in [3.63, 3.8) is 0 Å². The lowest BCUT2D eigenvalue weighted by Crippen LogP contribution is -2.30. The molecule has 0 aromatic heterocycles. The van der Waals surface area contributed by atoms with Crippen LogP contribution in [-0.4, -0.2) is 10.7 Å². The first-order chi connectivity index (χ1) is 7.68. The van der Waals surface area contributed by atoms with Crippen LogP contribution in [0.3, 0.4) is 0 Å². The van der Waals surface area contributed by atoms with Gasteiger partial charge in [-0.15, -0.1) is 0 Å². The molecule has 1 N–H and O–H groups in total. The molecule has 1 nitrogen and oxygen atoms in total. The largest absolute Gasteiger partial charge is 0.390 e. The highest BCUT2D eigenvalue weighted by Gasteiger charge is 2.27. The summed E-state index contributed by atoms with van der Waals surface area (Å²) in [6, 6.07) is 8.31. The second-order valence-corrected chi connectivity index (χ2v) is 5.86. The predicted molar refractivity (Wildman–Crippen MR) is 70.5 cm³/mol. The van der Waals surface area contributed by atoms with Crippen molar-refractivity contribution in [1.29, 1.82) is 0 Å². The molecule has 0 amide bonds. The van der Waals surface area contributed by atoms with Crippen molar-refractivity contribution in [3.05, 3.63) is 34.3 Å². The summed E-state index contributed by atoms with van der Waals surface area (Å²) >= 11 is 3.43. The van der Waals surface area contributed by atoms with Gasteiger partial charge in [-0.05, 0) is 30.5 Å². The topological polar surface area (TPSA) is 20.2 Å². The van der Waals surface area contributed by atoms with E-state index in [1.54, 1.807) is 0 Å². The molecule has 0 bridgehead atoms. The number of hydrogen-bond acceptors (Lipinski definition) is 1. The Bertz CT molecular complexity index is 323. The molecule has 2 rings (SSSR count). The van der Waals surface area contributed by atoms with Gasteiger partial charge in [-0.2, -0.15) is 0 Å². The Morgan fingerprint density at radius 3 is 2.12 bits per heavy atom. The third-order valence-corrected chi connectivity index (χ3v) is 4.01. The Hall–Kier alpha value is -0.340. The molecule has 88 valence electrons. The number of benzene rings is 1.